The van der Waals surface area contributed by atoms with E-state index < -0.39 is 20.2 Å². The third kappa shape index (κ3) is 7.71. The van der Waals surface area contributed by atoms with Gasteiger partial charge in [-0.1, -0.05) is 6.42 Å². The molecule has 0 saturated heterocycles. The Kier molecular flexibility index (Phi) is 6.34. The molecule has 0 atom stereocenters. The Morgan fingerprint density at radius 2 is 1.07 bits per heavy atom. The molecule has 0 aromatic carbocycles. The first-order valence-electron chi connectivity index (χ1n) is 4.39. The van der Waals surface area contributed by atoms with Crippen molar-refractivity contribution in [3.63, 3.8) is 0 Å². The van der Waals surface area contributed by atoms with Crippen molar-refractivity contribution in [2.75, 3.05) is 25.7 Å². The molecule has 0 saturated carbocycles. The third-order valence-electron chi connectivity index (χ3n) is 1.80. The highest BCUT2D eigenvalue weighted by molar-refractivity contribution is 7.86. The summed E-state index contributed by atoms with van der Waals surface area (Å²) in [7, 11) is -4.64. The molecule has 0 amide bonds. The van der Waals surface area contributed by atoms with Crippen molar-refractivity contribution in [2.45, 2.75) is 19.3 Å². The summed E-state index contributed by atoms with van der Waals surface area (Å²) in [6.45, 7) is 0. The van der Waals surface area contributed by atoms with E-state index in [1.165, 1.54) is 0 Å². The average molecular weight is 260 g/mol. The van der Waals surface area contributed by atoms with Crippen LogP contribution < -0.4 is 0 Å². The minimum absolute atomic E-state index is 0.0868. The van der Waals surface area contributed by atoms with Crippen LogP contribution in [0.2, 0.25) is 0 Å². The van der Waals surface area contributed by atoms with Gasteiger partial charge in [-0.25, -0.2) is 0 Å². The summed E-state index contributed by atoms with van der Waals surface area (Å²) in [5, 5.41) is 0. The summed E-state index contributed by atoms with van der Waals surface area (Å²) >= 11 is 0. The molecule has 15 heavy (non-hydrogen) atoms. The first-order chi connectivity index (χ1) is 6.83. The monoisotopic (exact) mass is 260 g/mol. The Labute approximate surface area is 90.8 Å². The lowest BCUT2D eigenvalue weighted by Crippen LogP contribution is -2.10. The zero-order valence-corrected chi connectivity index (χ0v) is 10.4. The van der Waals surface area contributed by atoms with Gasteiger partial charge in [0, 0.05) is 0 Å². The lowest BCUT2D eigenvalue weighted by Gasteiger charge is -2.02. The molecule has 0 aliphatic heterocycles. The maximum Gasteiger partial charge on any atom is 0.267 e. The Morgan fingerprint density at radius 1 is 0.733 bits per heavy atom. The molecule has 0 unspecified atom stereocenters. The molecule has 0 rings (SSSR count). The van der Waals surface area contributed by atoms with Crippen LogP contribution in [0.15, 0.2) is 0 Å². The number of rotatable bonds is 8. The standard InChI is InChI=1S/C7H16O6S2/c1-12-14(8,9)6-4-3-5-7-15(10,11)13-2/h3-7H2,1-2H3. The topological polar surface area (TPSA) is 86.7 Å². The SMILES string of the molecule is COS(=O)(=O)CCCCCS(=O)(=O)OC. The maximum atomic E-state index is 10.9. The molecule has 8 heteroatoms. The van der Waals surface area contributed by atoms with Gasteiger partial charge < -0.3 is 0 Å². The fourth-order valence-corrected chi connectivity index (χ4v) is 2.35. The third-order valence-corrected chi connectivity index (χ3v) is 4.39. The minimum atomic E-state index is -3.42. The molecule has 0 bridgehead atoms. The van der Waals surface area contributed by atoms with Crippen LogP contribution >= 0.6 is 0 Å². The molecule has 6 nitrogen and oxygen atoms in total. The summed E-state index contributed by atoms with van der Waals surface area (Å²) in [6.07, 6.45) is 1.27. The van der Waals surface area contributed by atoms with E-state index >= 15 is 0 Å². The smallest absolute Gasteiger partial charge is 0.267 e. The van der Waals surface area contributed by atoms with Crippen LogP contribution in [0.3, 0.4) is 0 Å². The van der Waals surface area contributed by atoms with Crippen LogP contribution in [0.4, 0.5) is 0 Å². The fraction of sp³-hybridized carbons (Fsp3) is 1.00. The van der Waals surface area contributed by atoms with E-state index in [-0.39, 0.29) is 11.5 Å². The summed E-state index contributed by atoms with van der Waals surface area (Å²) in [5.74, 6) is -0.174. The molecular weight excluding hydrogens is 244 g/mol. The number of hydrogen-bond donors (Lipinski definition) is 0. The molecule has 0 aliphatic rings. The average Bonchev–Trinajstić information content (AvgIpc) is 2.17. The van der Waals surface area contributed by atoms with Crippen molar-refractivity contribution in [3.05, 3.63) is 0 Å². The molecule has 0 aliphatic carbocycles. The second-order valence-electron chi connectivity index (χ2n) is 2.92. The van der Waals surface area contributed by atoms with Crippen LogP contribution in [0.1, 0.15) is 19.3 Å². The first kappa shape index (κ1) is 14.8. The van der Waals surface area contributed by atoms with Crippen molar-refractivity contribution in [2.24, 2.45) is 0 Å². The molecule has 0 spiro atoms. The van der Waals surface area contributed by atoms with Gasteiger partial charge >= 0.3 is 0 Å². The van der Waals surface area contributed by atoms with E-state index in [9.17, 15) is 16.8 Å². The quantitative estimate of drug-likeness (QED) is 0.455. The van der Waals surface area contributed by atoms with Gasteiger partial charge in [-0.15, -0.1) is 0 Å². The molecule has 0 N–H and O–H groups in total. The van der Waals surface area contributed by atoms with Crippen LogP contribution in [0.5, 0.6) is 0 Å². The van der Waals surface area contributed by atoms with Crippen molar-refractivity contribution >= 4 is 20.2 Å². The van der Waals surface area contributed by atoms with Gasteiger partial charge in [0.05, 0.1) is 25.7 Å². The van der Waals surface area contributed by atoms with Gasteiger partial charge in [-0.3, -0.25) is 8.37 Å². The lowest BCUT2D eigenvalue weighted by molar-refractivity contribution is 0.394. The van der Waals surface area contributed by atoms with E-state index in [1.807, 2.05) is 0 Å². The molecular formula is C7H16O6S2. The number of hydrogen-bond acceptors (Lipinski definition) is 6. The Balaban J connectivity index is 3.66. The van der Waals surface area contributed by atoms with Gasteiger partial charge in [0.2, 0.25) is 0 Å². The van der Waals surface area contributed by atoms with Crippen LogP contribution in [-0.4, -0.2) is 42.6 Å². The highest BCUT2D eigenvalue weighted by Crippen LogP contribution is 2.03. The fourth-order valence-electron chi connectivity index (χ4n) is 0.901. The minimum Gasteiger partial charge on any atom is -0.273 e. The van der Waals surface area contributed by atoms with Gasteiger partial charge in [0.1, 0.15) is 0 Å². The van der Waals surface area contributed by atoms with E-state index in [1.54, 1.807) is 0 Å². The van der Waals surface area contributed by atoms with Gasteiger partial charge in [-0.05, 0) is 12.8 Å². The Morgan fingerprint density at radius 3 is 1.33 bits per heavy atom. The van der Waals surface area contributed by atoms with Gasteiger partial charge in [0.15, 0.2) is 0 Å². The number of unbranched alkanes of at least 4 members (excludes halogenated alkanes) is 2. The van der Waals surface area contributed by atoms with Crippen LogP contribution in [-0.2, 0) is 28.6 Å². The second-order valence-corrected chi connectivity index (χ2v) is 6.63. The Hall–Kier alpha value is -0.180. The molecule has 0 aromatic rings. The molecule has 0 fully saturated rings. The maximum absolute atomic E-state index is 10.9. The van der Waals surface area contributed by atoms with E-state index in [0.717, 1.165) is 14.2 Å². The Bertz CT molecular complexity index is 319. The summed E-state index contributed by atoms with van der Waals surface area (Å²) < 4.78 is 51.9. The molecule has 0 radical (unpaired) electrons. The van der Waals surface area contributed by atoms with Gasteiger partial charge in [0.25, 0.3) is 20.2 Å². The lowest BCUT2D eigenvalue weighted by atomic mass is 10.3. The summed E-state index contributed by atoms with van der Waals surface area (Å²) in [4.78, 5) is 0. The molecule has 0 heterocycles. The van der Waals surface area contributed by atoms with Crippen molar-refractivity contribution in [1.29, 1.82) is 0 Å². The predicted octanol–water partition coefficient (Wildman–Crippen LogP) is 0.109. The summed E-state index contributed by atoms with van der Waals surface area (Å²) in [5.41, 5.74) is 0. The second kappa shape index (κ2) is 6.41. The molecule has 92 valence electrons. The van der Waals surface area contributed by atoms with E-state index in [2.05, 4.69) is 8.37 Å². The predicted molar refractivity (Wildman–Crippen MR) is 55.4 cm³/mol. The summed E-state index contributed by atoms with van der Waals surface area (Å²) in [6, 6.07) is 0. The van der Waals surface area contributed by atoms with E-state index in [4.69, 9.17) is 0 Å². The highest BCUT2D eigenvalue weighted by Gasteiger charge is 2.10. The largest absolute Gasteiger partial charge is 0.273 e. The first-order valence-corrected chi connectivity index (χ1v) is 7.55. The normalized spacial score (nSPS) is 12.9. The molecule has 0 aromatic heterocycles. The van der Waals surface area contributed by atoms with Crippen molar-refractivity contribution in [3.8, 4) is 0 Å². The highest BCUT2D eigenvalue weighted by atomic mass is 32.2. The van der Waals surface area contributed by atoms with E-state index in [0.29, 0.717) is 19.3 Å². The van der Waals surface area contributed by atoms with Crippen LogP contribution in [0.25, 0.3) is 0 Å². The zero-order valence-electron chi connectivity index (χ0n) is 8.80. The van der Waals surface area contributed by atoms with Gasteiger partial charge in [-0.2, -0.15) is 16.8 Å². The van der Waals surface area contributed by atoms with Crippen LogP contribution in [0, 0.1) is 0 Å². The zero-order chi connectivity index (χ0) is 11.9. The van der Waals surface area contributed by atoms with Crippen molar-refractivity contribution < 1.29 is 25.2 Å². The van der Waals surface area contributed by atoms with Crippen molar-refractivity contribution in [1.82, 2.24) is 0 Å².